The van der Waals surface area contributed by atoms with Crippen LogP contribution in [-0.4, -0.2) is 60.3 Å². The van der Waals surface area contributed by atoms with Gasteiger partial charge in [-0.25, -0.2) is 4.79 Å². The highest BCUT2D eigenvalue weighted by Crippen LogP contribution is 2.32. The van der Waals surface area contributed by atoms with Crippen molar-refractivity contribution < 1.29 is 14.6 Å². The van der Waals surface area contributed by atoms with Gasteiger partial charge in [0.25, 0.3) is 0 Å². The number of rotatable bonds is 7. The van der Waals surface area contributed by atoms with Crippen LogP contribution < -0.4 is 5.32 Å². The lowest BCUT2D eigenvalue weighted by molar-refractivity contribution is 0.0365. The van der Waals surface area contributed by atoms with E-state index in [0.717, 1.165) is 39.3 Å². The zero-order valence-electron chi connectivity index (χ0n) is 16.1. The fourth-order valence-corrected chi connectivity index (χ4v) is 3.77. The van der Waals surface area contributed by atoms with Crippen molar-refractivity contribution in [2.45, 2.75) is 13.0 Å². The molecule has 8 heteroatoms. The molecule has 29 heavy (non-hydrogen) atoms. The standard InChI is InChI=1S/C21H25Cl2N3O3/c22-17-13-16(20(27)19(23)14-17)15-26(8-4-7-25-9-11-29-12-10-25)21(28)24-18-5-2-1-3-6-18/h1-3,5-6,13-14,27H,4,7-12,15H2,(H,24,28). The second kappa shape index (κ2) is 10.7. The average molecular weight is 438 g/mol. The van der Waals surface area contributed by atoms with Crippen LogP contribution >= 0.6 is 23.2 Å². The molecule has 0 bridgehead atoms. The van der Waals surface area contributed by atoms with Gasteiger partial charge in [0.15, 0.2) is 0 Å². The first-order valence-corrected chi connectivity index (χ1v) is 10.4. The predicted molar refractivity (Wildman–Crippen MR) is 116 cm³/mol. The predicted octanol–water partition coefficient (Wildman–Crippen LogP) is 4.46. The van der Waals surface area contributed by atoms with Crippen LogP contribution in [0.2, 0.25) is 10.0 Å². The Bertz CT molecular complexity index is 814. The first-order valence-electron chi connectivity index (χ1n) is 9.61. The van der Waals surface area contributed by atoms with Gasteiger partial charge in [0.1, 0.15) is 5.75 Å². The Morgan fingerprint density at radius 1 is 1.17 bits per heavy atom. The van der Waals surface area contributed by atoms with E-state index in [4.69, 9.17) is 27.9 Å². The summed E-state index contributed by atoms with van der Waals surface area (Å²) in [6, 6.07) is 12.1. The zero-order valence-corrected chi connectivity index (χ0v) is 17.6. The number of ether oxygens (including phenoxy) is 1. The highest BCUT2D eigenvalue weighted by atomic mass is 35.5. The number of hydrogen-bond acceptors (Lipinski definition) is 4. The first-order chi connectivity index (χ1) is 14.0. The molecule has 0 saturated carbocycles. The number of nitrogens with zero attached hydrogens (tertiary/aromatic N) is 2. The molecule has 1 aliphatic rings. The lowest BCUT2D eigenvalue weighted by Crippen LogP contribution is -2.40. The third kappa shape index (κ3) is 6.51. The Kier molecular flexibility index (Phi) is 8.00. The monoisotopic (exact) mass is 437 g/mol. The summed E-state index contributed by atoms with van der Waals surface area (Å²) in [5.41, 5.74) is 1.22. The fourth-order valence-electron chi connectivity index (χ4n) is 3.23. The van der Waals surface area contributed by atoms with Crippen molar-refractivity contribution in [3.63, 3.8) is 0 Å². The van der Waals surface area contributed by atoms with Crippen LogP contribution in [0.1, 0.15) is 12.0 Å². The van der Waals surface area contributed by atoms with Gasteiger partial charge in [0.05, 0.1) is 24.8 Å². The largest absolute Gasteiger partial charge is 0.506 e. The van der Waals surface area contributed by atoms with Crippen molar-refractivity contribution in [2.75, 3.05) is 44.7 Å². The molecule has 1 fully saturated rings. The lowest BCUT2D eigenvalue weighted by atomic mass is 10.2. The molecule has 156 valence electrons. The van der Waals surface area contributed by atoms with E-state index in [9.17, 15) is 9.90 Å². The molecule has 2 aromatic carbocycles. The van der Waals surface area contributed by atoms with Crippen LogP contribution in [0.5, 0.6) is 5.75 Å². The number of nitrogens with one attached hydrogen (secondary N) is 1. The van der Waals surface area contributed by atoms with Gasteiger partial charge in [0, 0.05) is 42.5 Å². The molecule has 1 saturated heterocycles. The number of urea groups is 1. The number of para-hydroxylation sites is 1. The van der Waals surface area contributed by atoms with E-state index in [1.807, 2.05) is 30.3 Å². The minimum atomic E-state index is -0.242. The number of anilines is 1. The van der Waals surface area contributed by atoms with Gasteiger partial charge in [-0.2, -0.15) is 0 Å². The van der Waals surface area contributed by atoms with Gasteiger partial charge in [-0.3, -0.25) is 4.90 Å². The van der Waals surface area contributed by atoms with Crippen LogP contribution in [0.25, 0.3) is 0 Å². The molecule has 0 unspecified atom stereocenters. The molecule has 0 aliphatic carbocycles. The highest BCUT2D eigenvalue weighted by molar-refractivity contribution is 6.35. The normalized spacial score (nSPS) is 14.6. The molecule has 0 aromatic heterocycles. The van der Waals surface area contributed by atoms with Crippen LogP contribution in [0.15, 0.2) is 42.5 Å². The van der Waals surface area contributed by atoms with Gasteiger partial charge in [-0.05, 0) is 30.7 Å². The number of aromatic hydroxyl groups is 1. The highest BCUT2D eigenvalue weighted by Gasteiger charge is 2.19. The fraction of sp³-hybridized carbons (Fsp3) is 0.381. The summed E-state index contributed by atoms with van der Waals surface area (Å²) in [5, 5.41) is 13.8. The van der Waals surface area contributed by atoms with E-state index in [1.165, 1.54) is 6.07 Å². The first kappa shape index (κ1) is 21.7. The van der Waals surface area contributed by atoms with Crippen LogP contribution in [0.3, 0.4) is 0 Å². The number of phenolic OH excluding ortho intramolecular Hbond substituents is 1. The van der Waals surface area contributed by atoms with E-state index in [2.05, 4.69) is 10.2 Å². The molecule has 3 rings (SSSR count). The molecule has 0 atom stereocenters. The number of halogens is 2. The zero-order chi connectivity index (χ0) is 20.6. The maximum Gasteiger partial charge on any atom is 0.322 e. The summed E-state index contributed by atoms with van der Waals surface area (Å²) in [6.45, 7) is 4.90. The minimum Gasteiger partial charge on any atom is -0.506 e. The van der Waals surface area contributed by atoms with Gasteiger partial charge >= 0.3 is 6.03 Å². The molecule has 1 heterocycles. The summed E-state index contributed by atoms with van der Waals surface area (Å²) in [7, 11) is 0. The Morgan fingerprint density at radius 3 is 2.62 bits per heavy atom. The maximum atomic E-state index is 12.9. The van der Waals surface area contributed by atoms with E-state index >= 15 is 0 Å². The molecule has 0 spiro atoms. The molecule has 0 radical (unpaired) electrons. The van der Waals surface area contributed by atoms with E-state index in [1.54, 1.807) is 11.0 Å². The lowest BCUT2D eigenvalue weighted by Gasteiger charge is -2.28. The van der Waals surface area contributed by atoms with Crippen molar-refractivity contribution in [3.8, 4) is 5.75 Å². The molecule has 2 amide bonds. The summed E-state index contributed by atoms with van der Waals surface area (Å²) in [4.78, 5) is 16.9. The molecular formula is C21H25Cl2N3O3. The number of hydrogen-bond donors (Lipinski definition) is 2. The van der Waals surface area contributed by atoms with Gasteiger partial charge in [0.2, 0.25) is 0 Å². The molecule has 2 N–H and O–H groups in total. The van der Waals surface area contributed by atoms with Gasteiger partial charge in [-0.15, -0.1) is 0 Å². The molecule has 1 aliphatic heterocycles. The van der Waals surface area contributed by atoms with Crippen molar-refractivity contribution >= 4 is 34.9 Å². The summed E-state index contributed by atoms with van der Waals surface area (Å²) in [6.07, 6.45) is 0.803. The Labute approximate surface area is 181 Å². The second-order valence-corrected chi connectivity index (χ2v) is 7.76. The molecule has 6 nitrogen and oxygen atoms in total. The van der Waals surface area contributed by atoms with E-state index in [-0.39, 0.29) is 23.3 Å². The topological polar surface area (TPSA) is 65.0 Å². The summed E-state index contributed by atoms with van der Waals surface area (Å²) in [5.74, 6) is -0.0539. The summed E-state index contributed by atoms with van der Waals surface area (Å²) >= 11 is 12.1. The summed E-state index contributed by atoms with van der Waals surface area (Å²) < 4.78 is 5.38. The second-order valence-electron chi connectivity index (χ2n) is 6.92. The third-order valence-electron chi connectivity index (χ3n) is 4.79. The number of amides is 2. The van der Waals surface area contributed by atoms with Crippen LogP contribution in [-0.2, 0) is 11.3 Å². The maximum absolute atomic E-state index is 12.9. The number of benzene rings is 2. The Hall–Kier alpha value is -1.99. The Balaban J connectivity index is 1.69. The van der Waals surface area contributed by atoms with Crippen molar-refractivity contribution in [2.24, 2.45) is 0 Å². The third-order valence-corrected chi connectivity index (χ3v) is 5.29. The van der Waals surface area contributed by atoms with E-state index in [0.29, 0.717) is 22.8 Å². The van der Waals surface area contributed by atoms with Crippen molar-refractivity contribution in [3.05, 3.63) is 58.1 Å². The number of morpholine rings is 1. The quantitative estimate of drug-likeness (QED) is 0.670. The number of phenols is 1. The van der Waals surface area contributed by atoms with Crippen LogP contribution in [0, 0.1) is 0 Å². The SMILES string of the molecule is O=C(Nc1ccccc1)N(CCCN1CCOCC1)Cc1cc(Cl)cc(Cl)c1O. The van der Waals surface area contributed by atoms with Gasteiger partial charge < -0.3 is 20.1 Å². The van der Waals surface area contributed by atoms with Gasteiger partial charge in [-0.1, -0.05) is 41.4 Å². The number of carbonyl (C=O) groups is 1. The average Bonchev–Trinajstić information content (AvgIpc) is 2.72. The smallest absolute Gasteiger partial charge is 0.322 e. The Morgan fingerprint density at radius 2 is 1.90 bits per heavy atom. The van der Waals surface area contributed by atoms with Crippen molar-refractivity contribution in [1.29, 1.82) is 0 Å². The number of carbonyl (C=O) groups excluding carboxylic acids is 1. The molecule has 2 aromatic rings. The van der Waals surface area contributed by atoms with E-state index < -0.39 is 0 Å². The van der Waals surface area contributed by atoms with Crippen molar-refractivity contribution in [1.82, 2.24) is 9.80 Å². The minimum absolute atomic E-state index is 0.0539. The van der Waals surface area contributed by atoms with Crippen LogP contribution in [0.4, 0.5) is 10.5 Å². The molecular weight excluding hydrogens is 413 g/mol.